The molecule has 0 bridgehead atoms. The van der Waals surface area contributed by atoms with Crippen molar-refractivity contribution in [2.24, 2.45) is 0 Å². The molecule has 0 aliphatic heterocycles. The van der Waals surface area contributed by atoms with E-state index in [1.54, 1.807) is 30.7 Å². The van der Waals surface area contributed by atoms with Crippen molar-refractivity contribution in [3.8, 4) is 22.5 Å². The van der Waals surface area contributed by atoms with Gasteiger partial charge in [-0.05, 0) is 30.3 Å². The molecule has 0 saturated carbocycles. The van der Waals surface area contributed by atoms with Crippen molar-refractivity contribution in [1.29, 1.82) is 0 Å². The summed E-state index contributed by atoms with van der Waals surface area (Å²) in [6.07, 6.45) is 4.99. The zero-order valence-electron chi connectivity index (χ0n) is 14.7. The number of rotatable bonds is 2. The number of nitrogen functional groups attached to an aromatic ring is 2. The van der Waals surface area contributed by atoms with Crippen LogP contribution in [0.15, 0.2) is 67.1 Å². The molecule has 0 aliphatic rings. The highest BCUT2D eigenvalue weighted by molar-refractivity contribution is 5.89. The van der Waals surface area contributed by atoms with Gasteiger partial charge in [-0.25, -0.2) is 14.4 Å². The molecule has 28 heavy (non-hydrogen) atoms. The van der Waals surface area contributed by atoms with Gasteiger partial charge in [0, 0.05) is 40.8 Å². The molecule has 3 heterocycles. The Kier molecular flexibility index (Phi) is 3.48. The molecule has 0 radical (unpaired) electrons. The number of aromatic nitrogens is 4. The van der Waals surface area contributed by atoms with Gasteiger partial charge >= 0.3 is 0 Å². The van der Waals surface area contributed by atoms with Gasteiger partial charge in [0.25, 0.3) is 0 Å². The van der Waals surface area contributed by atoms with E-state index >= 15 is 0 Å². The van der Waals surface area contributed by atoms with Crippen LogP contribution >= 0.6 is 0 Å². The second-order valence-electron chi connectivity index (χ2n) is 6.47. The topological polar surface area (TPSA) is 95.1 Å². The van der Waals surface area contributed by atoms with E-state index in [1.807, 2.05) is 34.7 Å². The van der Waals surface area contributed by atoms with Crippen LogP contribution in [0.3, 0.4) is 0 Å². The highest BCUT2D eigenvalue weighted by Gasteiger charge is 2.18. The lowest BCUT2D eigenvalue weighted by atomic mass is 10.0. The van der Waals surface area contributed by atoms with Crippen LogP contribution in [-0.2, 0) is 0 Å². The van der Waals surface area contributed by atoms with Crippen LogP contribution in [0.25, 0.3) is 39.1 Å². The fourth-order valence-corrected chi connectivity index (χ4v) is 3.46. The van der Waals surface area contributed by atoms with Gasteiger partial charge in [-0.1, -0.05) is 18.2 Å². The monoisotopic (exact) mass is 370 g/mol. The molecule has 136 valence electrons. The third-order valence-corrected chi connectivity index (χ3v) is 4.66. The molecule has 0 spiro atoms. The molecule has 0 saturated heterocycles. The number of benzene rings is 2. The van der Waals surface area contributed by atoms with Crippen molar-refractivity contribution in [2.45, 2.75) is 0 Å². The Morgan fingerprint density at radius 2 is 1.79 bits per heavy atom. The van der Waals surface area contributed by atoms with Gasteiger partial charge in [-0.15, -0.1) is 0 Å². The standard InChI is InChI=1S/C21H15FN6/c22-16-11-14(9-12-4-2-6-25-17(12)16)19-18(13-3-1-5-15(23)10-13)27-20(24)21-26-7-8-28(19)21/h1-11H,23H2,(H2,24,27). The fraction of sp³-hybridized carbons (Fsp3) is 0. The number of halogens is 1. The van der Waals surface area contributed by atoms with Crippen LogP contribution in [0, 0.1) is 5.82 Å². The average Bonchev–Trinajstić information content (AvgIpc) is 3.18. The fourth-order valence-electron chi connectivity index (χ4n) is 3.46. The summed E-state index contributed by atoms with van der Waals surface area (Å²) in [6.45, 7) is 0. The number of nitrogens with zero attached hydrogens (tertiary/aromatic N) is 4. The molecule has 0 fully saturated rings. The lowest BCUT2D eigenvalue weighted by molar-refractivity contribution is 0.637. The Morgan fingerprint density at radius 3 is 2.64 bits per heavy atom. The zero-order valence-corrected chi connectivity index (χ0v) is 14.7. The van der Waals surface area contributed by atoms with Crippen molar-refractivity contribution >= 4 is 28.1 Å². The summed E-state index contributed by atoms with van der Waals surface area (Å²) < 4.78 is 16.6. The Hall–Kier alpha value is -4.00. The molecule has 0 amide bonds. The lowest BCUT2D eigenvalue weighted by Crippen LogP contribution is -2.04. The lowest BCUT2D eigenvalue weighted by Gasteiger charge is -2.15. The molecule has 0 unspecified atom stereocenters. The molecule has 4 N–H and O–H groups in total. The summed E-state index contributed by atoms with van der Waals surface area (Å²) in [5.41, 5.74) is 16.2. The molecule has 5 aromatic rings. The van der Waals surface area contributed by atoms with Gasteiger partial charge in [0.15, 0.2) is 11.5 Å². The number of fused-ring (bicyclic) bond motifs is 2. The van der Waals surface area contributed by atoms with Gasteiger partial charge in [0.05, 0.1) is 11.4 Å². The highest BCUT2D eigenvalue weighted by Crippen LogP contribution is 2.35. The second-order valence-corrected chi connectivity index (χ2v) is 6.47. The van der Waals surface area contributed by atoms with Gasteiger partial charge < -0.3 is 11.5 Å². The van der Waals surface area contributed by atoms with E-state index in [0.29, 0.717) is 39.2 Å². The summed E-state index contributed by atoms with van der Waals surface area (Å²) in [7, 11) is 0. The predicted molar refractivity (Wildman–Crippen MR) is 108 cm³/mol. The van der Waals surface area contributed by atoms with Crippen LogP contribution in [0.5, 0.6) is 0 Å². The van der Waals surface area contributed by atoms with E-state index in [1.165, 1.54) is 6.07 Å². The van der Waals surface area contributed by atoms with Gasteiger partial charge in [-0.2, -0.15) is 0 Å². The molecule has 3 aromatic heterocycles. The van der Waals surface area contributed by atoms with Crippen molar-refractivity contribution in [1.82, 2.24) is 19.4 Å². The summed E-state index contributed by atoms with van der Waals surface area (Å²) >= 11 is 0. The van der Waals surface area contributed by atoms with Crippen LogP contribution in [0.1, 0.15) is 0 Å². The van der Waals surface area contributed by atoms with Gasteiger partial charge in [0.1, 0.15) is 11.3 Å². The van der Waals surface area contributed by atoms with Crippen LogP contribution < -0.4 is 11.5 Å². The van der Waals surface area contributed by atoms with Gasteiger partial charge in [0.2, 0.25) is 0 Å². The molecule has 7 heteroatoms. The summed E-state index contributed by atoms with van der Waals surface area (Å²) in [5.74, 6) is -0.120. The SMILES string of the molecule is Nc1cccc(-c2nc(N)c3nccn3c2-c2cc(F)c3ncccc3c2)c1. The average molecular weight is 370 g/mol. The predicted octanol–water partition coefficient (Wildman–Crippen LogP) is 3.92. The van der Waals surface area contributed by atoms with E-state index < -0.39 is 5.82 Å². The number of imidazole rings is 1. The molecular weight excluding hydrogens is 355 g/mol. The van der Waals surface area contributed by atoms with Crippen LogP contribution in [-0.4, -0.2) is 19.4 Å². The molecule has 6 nitrogen and oxygen atoms in total. The second kappa shape index (κ2) is 6.02. The van der Waals surface area contributed by atoms with E-state index in [0.717, 1.165) is 5.56 Å². The maximum absolute atomic E-state index is 14.8. The number of pyridine rings is 1. The highest BCUT2D eigenvalue weighted by atomic mass is 19.1. The first kappa shape index (κ1) is 16.2. The van der Waals surface area contributed by atoms with Crippen LogP contribution in [0.4, 0.5) is 15.9 Å². The maximum Gasteiger partial charge on any atom is 0.180 e. The minimum Gasteiger partial charge on any atom is -0.399 e. The first-order valence-electron chi connectivity index (χ1n) is 8.65. The quantitative estimate of drug-likeness (QED) is 0.459. The van der Waals surface area contributed by atoms with Crippen molar-refractivity contribution in [3.05, 3.63) is 72.9 Å². The van der Waals surface area contributed by atoms with E-state index in [-0.39, 0.29) is 5.82 Å². The van der Waals surface area contributed by atoms with E-state index in [9.17, 15) is 4.39 Å². The van der Waals surface area contributed by atoms with Crippen molar-refractivity contribution in [2.75, 3.05) is 11.5 Å². The Bertz CT molecular complexity index is 1360. The minimum atomic E-state index is -0.406. The molecule has 0 aliphatic carbocycles. The van der Waals surface area contributed by atoms with E-state index in [4.69, 9.17) is 11.5 Å². The zero-order chi connectivity index (χ0) is 19.3. The number of nitrogens with two attached hydrogens (primary N) is 2. The summed E-state index contributed by atoms with van der Waals surface area (Å²) in [6, 6.07) is 14.3. The third-order valence-electron chi connectivity index (χ3n) is 4.66. The first-order valence-corrected chi connectivity index (χ1v) is 8.65. The van der Waals surface area contributed by atoms with Gasteiger partial charge in [-0.3, -0.25) is 9.38 Å². The largest absolute Gasteiger partial charge is 0.399 e. The molecular formula is C21H15FN6. The molecule has 0 atom stereocenters. The minimum absolute atomic E-state index is 0.286. The Balaban J connectivity index is 1.90. The van der Waals surface area contributed by atoms with Crippen LogP contribution in [0.2, 0.25) is 0 Å². The number of hydrogen-bond donors (Lipinski definition) is 2. The smallest absolute Gasteiger partial charge is 0.180 e. The van der Waals surface area contributed by atoms with Crippen molar-refractivity contribution in [3.63, 3.8) is 0 Å². The summed E-state index contributed by atoms with van der Waals surface area (Å²) in [4.78, 5) is 13.0. The number of hydrogen-bond acceptors (Lipinski definition) is 5. The normalized spacial score (nSPS) is 11.3. The molecule has 2 aromatic carbocycles. The molecule has 5 rings (SSSR count). The van der Waals surface area contributed by atoms with E-state index in [2.05, 4.69) is 15.0 Å². The third kappa shape index (κ3) is 2.44. The summed E-state index contributed by atoms with van der Waals surface area (Å²) in [5, 5.41) is 0.695. The Morgan fingerprint density at radius 1 is 0.893 bits per heavy atom. The van der Waals surface area contributed by atoms with Crippen molar-refractivity contribution < 1.29 is 4.39 Å². The first-order chi connectivity index (χ1) is 13.6. The number of anilines is 2. The Labute approximate surface area is 159 Å². The maximum atomic E-state index is 14.8.